The van der Waals surface area contributed by atoms with Gasteiger partial charge in [-0.2, -0.15) is 0 Å². The van der Waals surface area contributed by atoms with E-state index < -0.39 is 5.03 Å². The first-order valence-electron chi connectivity index (χ1n) is 7.24. The van der Waals surface area contributed by atoms with Gasteiger partial charge in [0.05, 0.1) is 13.3 Å². The maximum atomic E-state index is 10.8. The van der Waals surface area contributed by atoms with Crippen LogP contribution in [0.25, 0.3) is 0 Å². The van der Waals surface area contributed by atoms with E-state index in [1.165, 1.54) is 0 Å². The molecule has 1 aromatic carbocycles. The second-order valence-corrected chi connectivity index (χ2v) is 5.59. The Hall–Kier alpha value is -2.87. The van der Waals surface area contributed by atoms with E-state index in [1.807, 2.05) is 36.4 Å². The van der Waals surface area contributed by atoms with Crippen molar-refractivity contribution in [1.82, 2.24) is 15.2 Å². The van der Waals surface area contributed by atoms with Gasteiger partial charge in [0.15, 0.2) is 5.03 Å². The van der Waals surface area contributed by atoms with Crippen LogP contribution < -0.4 is 10.2 Å². The van der Waals surface area contributed by atoms with Gasteiger partial charge in [-0.1, -0.05) is 35.9 Å². The number of nitrogens with zero attached hydrogens (tertiary/aromatic N) is 5. The van der Waals surface area contributed by atoms with E-state index in [4.69, 9.17) is 11.6 Å². The zero-order valence-electron chi connectivity index (χ0n) is 12.7. The molecule has 0 amide bonds. The highest BCUT2D eigenvalue weighted by atomic mass is 35.5. The van der Waals surface area contributed by atoms with Gasteiger partial charge >= 0.3 is 0 Å². The van der Waals surface area contributed by atoms with Gasteiger partial charge in [-0.3, -0.25) is 0 Å². The van der Waals surface area contributed by atoms with Crippen LogP contribution in [0.3, 0.4) is 0 Å². The largest absolute Gasteiger partial charge is 0.336 e. The lowest BCUT2D eigenvalue weighted by Crippen LogP contribution is -2.57. The Kier molecular flexibility index (Phi) is 4.76. The van der Waals surface area contributed by atoms with Gasteiger partial charge in [-0.25, -0.2) is 15.1 Å². The molecule has 9 heteroatoms. The average Bonchev–Trinajstić information content (AvgIpc) is 2.59. The third kappa shape index (κ3) is 3.90. The second-order valence-electron chi connectivity index (χ2n) is 5.20. The van der Waals surface area contributed by atoms with Crippen LogP contribution in [0.2, 0.25) is 5.15 Å². The van der Waals surface area contributed by atoms with Crippen LogP contribution in [-0.2, 0) is 6.54 Å². The monoisotopic (exact) mass is 346 g/mol. The van der Waals surface area contributed by atoms with Crippen LogP contribution in [0.1, 0.15) is 5.56 Å². The van der Waals surface area contributed by atoms with E-state index in [0.29, 0.717) is 25.0 Å². The Morgan fingerprint density at radius 3 is 2.75 bits per heavy atom. The molecular weight excluding hydrogens is 332 g/mol. The summed E-state index contributed by atoms with van der Waals surface area (Å²) >= 11 is 5.80. The van der Waals surface area contributed by atoms with Crippen molar-refractivity contribution in [2.75, 3.05) is 18.2 Å². The third-order valence-electron chi connectivity index (χ3n) is 3.53. The summed E-state index contributed by atoms with van der Waals surface area (Å²) in [5.41, 5.74) is 1.90. The first-order valence-corrected chi connectivity index (χ1v) is 7.62. The van der Waals surface area contributed by atoms with Crippen molar-refractivity contribution >= 4 is 23.2 Å². The number of benzene rings is 1. The SMILES string of the molecule is O=[N+]([O-])N=C1NCN(c2ccccc2)CN1Cc1ccc(Cl)nc1. The zero-order valence-corrected chi connectivity index (χ0v) is 13.4. The molecule has 1 N–H and O–H groups in total. The molecule has 24 heavy (non-hydrogen) atoms. The van der Waals surface area contributed by atoms with Gasteiger partial charge in [-0.05, 0) is 23.8 Å². The predicted octanol–water partition coefficient (Wildman–Crippen LogP) is 2.11. The lowest BCUT2D eigenvalue weighted by molar-refractivity contribution is -0.486. The standard InChI is InChI=1S/C15H15ClN6O2/c16-14-7-6-12(8-17-14)9-20-11-21(13-4-2-1-3-5-13)10-18-15(20)19-22(23)24/h1-8H,9-11H2,(H,18,19). The maximum absolute atomic E-state index is 10.8. The first-order chi connectivity index (χ1) is 11.6. The van der Waals surface area contributed by atoms with Crippen LogP contribution in [0, 0.1) is 10.1 Å². The minimum Gasteiger partial charge on any atom is -0.336 e. The second kappa shape index (κ2) is 7.14. The molecule has 0 aliphatic carbocycles. The molecule has 1 aliphatic heterocycles. The van der Waals surface area contributed by atoms with Crippen LogP contribution >= 0.6 is 11.6 Å². The number of anilines is 1. The van der Waals surface area contributed by atoms with E-state index in [2.05, 4.69) is 20.3 Å². The Balaban J connectivity index is 1.81. The Morgan fingerprint density at radius 1 is 1.29 bits per heavy atom. The van der Waals surface area contributed by atoms with Crippen molar-refractivity contribution < 1.29 is 5.03 Å². The molecule has 1 aromatic heterocycles. The molecule has 3 rings (SSSR count). The van der Waals surface area contributed by atoms with E-state index >= 15 is 0 Å². The number of hydrogen-bond donors (Lipinski definition) is 1. The third-order valence-corrected chi connectivity index (χ3v) is 3.75. The number of rotatable bonds is 4. The number of guanidine groups is 1. The van der Waals surface area contributed by atoms with E-state index in [1.54, 1.807) is 17.2 Å². The number of nitrogens with one attached hydrogen (secondary N) is 1. The topological polar surface area (TPSA) is 86.9 Å². The molecule has 1 saturated heterocycles. The van der Waals surface area contributed by atoms with Gasteiger partial charge in [0, 0.05) is 18.4 Å². The molecule has 8 nitrogen and oxygen atoms in total. The average molecular weight is 347 g/mol. The predicted molar refractivity (Wildman–Crippen MR) is 91.0 cm³/mol. The highest BCUT2D eigenvalue weighted by molar-refractivity contribution is 6.29. The van der Waals surface area contributed by atoms with Crippen molar-refractivity contribution in [3.8, 4) is 0 Å². The smallest absolute Gasteiger partial charge is 0.274 e. The summed E-state index contributed by atoms with van der Waals surface area (Å²) in [5, 5.41) is 16.9. The highest BCUT2D eigenvalue weighted by Gasteiger charge is 2.24. The summed E-state index contributed by atoms with van der Waals surface area (Å²) in [7, 11) is 0. The van der Waals surface area contributed by atoms with Crippen molar-refractivity contribution in [3.63, 3.8) is 0 Å². The molecular formula is C15H15ClN6O2. The van der Waals surface area contributed by atoms with Crippen molar-refractivity contribution in [3.05, 3.63) is 69.5 Å². The number of hydrazone groups is 1. The molecule has 0 spiro atoms. The molecule has 0 unspecified atom stereocenters. The zero-order chi connectivity index (χ0) is 16.9. The molecule has 0 saturated carbocycles. The number of nitro groups is 1. The van der Waals surface area contributed by atoms with E-state index in [-0.39, 0.29) is 5.96 Å². The summed E-state index contributed by atoms with van der Waals surface area (Å²) in [6, 6.07) is 13.3. The fourth-order valence-electron chi connectivity index (χ4n) is 2.43. The molecule has 1 aliphatic rings. The molecule has 0 bridgehead atoms. The van der Waals surface area contributed by atoms with Crippen LogP contribution in [0.15, 0.2) is 53.8 Å². The molecule has 2 aromatic rings. The number of pyridine rings is 1. The Bertz CT molecular complexity index is 737. The van der Waals surface area contributed by atoms with Crippen molar-refractivity contribution in [2.45, 2.75) is 6.54 Å². The maximum Gasteiger partial charge on any atom is 0.274 e. The van der Waals surface area contributed by atoms with E-state index in [9.17, 15) is 10.1 Å². The summed E-state index contributed by atoms with van der Waals surface area (Å²) in [6.07, 6.45) is 1.65. The quantitative estimate of drug-likeness (QED) is 0.518. The number of hydrogen-bond acceptors (Lipinski definition) is 4. The van der Waals surface area contributed by atoms with E-state index in [0.717, 1.165) is 11.3 Å². The Labute approximate surface area is 143 Å². The highest BCUT2D eigenvalue weighted by Crippen LogP contribution is 2.17. The molecule has 124 valence electrons. The van der Waals surface area contributed by atoms with Gasteiger partial charge in [0.2, 0.25) is 0 Å². The molecule has 2 heterocycles. The number of aromatic nitrogens is 1. The normalized spacial score (nSPS) is 16.1. The van der Waals surface area contributed by atoms with Gasteiger partial charge in [0.1, 0.15) is 10.3 Å². The molecule has 0 radical (unpaired) electrons. The van der Waals surface area contributed by atoms with Crippen molar-refractivity contribution in [1.29, 1.82) is 0 Å². The Morgan fingerprint density at radius 2 is 2.08 bits per heavy atom. The molecule has 0 atom stereocenters. The molecule has 1 fully saturated rings. The van der Waals surface area contributed by atoms with Gasteiger partial charge < -0.3 is 15.1 Å². The van der Waals surface area contributed by atoms with Crippen LogP contribution in [0.5, 0.6) is 0 Å². The number of halogens is 1. The fraction of sp³-hybridized carbons (Fsp3) is 0.200. The lowest BCUT2D eigenvalue weighted by Gasteiger charge is -2.38. The summed E-state index contributed by atoms with van der Waals surface area (Å²) in [4.78, 5) is 18.6. The fourth-order valence-corrected chi connectivity index (χ4v) is 2.55. The van der Waals surface area contributed by atoms with Crippen LogP contribution in [-0.4, -0.2) is 34.2 Å². The van der Waals surface area contributed by atoms with Gasteiger partial charge in [0.25, 0.3) is 5.96 Å². The summed E-state index contributed by atoms with van der Waals surface area (Å²) in [5.74, 6) is 0.224. The summed E-state index contributed by atoms with van der Waals surface area (Å²) in [6.45, 7) is 1.32. The number of para-hydroxylation sites is 1. The first kappa shape index (κ1) is 16.0. The van der Waals surface area contributed by atoms with Crippen LogP contribution in [0.4, 0.5) is 5.69 Å². The minimum atomic E-state index is -0.701. The van der Waals surface area contributed by atoms with Gasteiger partial charge in [-0.15, -0.1) is 0 Å². The summed E-state index contributed by atoms with van der Waals surface area (Å²) < 4.78 is 0. The van der Waals surface area contributed by atoms with Crippen molar-refractivity contribution in [2.24, 2.45) is 5.10 Å². The lowest BCUT2D eigenvalue weighted by atomic mass is 10.2. The minimum absolute atomic E-state index is 0.224.